The Bertz CT molecular complexity index is 4650. The summed E-state index contributed by atoms with van der Waals surface area (Å²) in [5, 5.41) is 24.1. The topological polar surface area (TPSA) is 322 Å². The predicted octanol–water partition coefficient (Wildman–Crippen LogP) is 15.3. The van der Waals surface area contributed by atoms with Gasteiger partial charge in [0, 0.05) is 194 Å². The highest BCUT2D eigenvalue weighted by Gasteiger charge is 2.38. The number of nitrogens with one attached hydrogen (secondary N) is 3. The molecule has 0 spiro atoms. The van der Waals surface area contributed by atoms with Gasteiger partial charge in [-0.1, -0.05) is 118 Å². The average molecular weight is 1990 g/mol. The first kappa shape index (κ1) is 102. The zero-order chi connectivity index (χ0) is 91.7. The number of ketones is 1. The first-order valence-electron chi connectivity index (χ1n) is 47.4. The van der Waals surface area contributed by atoms with Gasteiger partial charge in [0.1, 0.15) is 36.1 Å². The molecule has 0 unspecified atom stereocenters. The van der Waals surface area contributed by atoms with Crippen molar-refractivity contribution in [1.29, 1.82) is 0 Å². The van der Waals surface area contributed by atoms with Gasteiger partial charge in [-0.3, -0.25) is 56.0 Å². The highest BCUT2D eigenvalue weighted by Crippen LogP contribution is 2.46. The number of nitrogens with two attached hydrogens (primary N) is 2. The molecule has 4 aliphatic carbocycles. The number of halogens is 9. The van der Waals surface area contributed by atoms with Gasteiger partial charge in [0.2, 0.25) is 5.24 Å². The molecule has 0 aromatic carbocycles. The molecule has 0 bridgehead atoms. The van der Waals surface area contributed by atoms with E-state index in [1.165, 1.54) is 138 Å². The third-order valence-corrected chi connectivity index (χ3v) is 30.3. The fraction of sp³-hybridized carbons (Fsp3) is 0.674. The summed E-state index contributed by atoms with van der Waals surface area (Å²) in [7, 11) is 1.39. The Hall–Kier alpha value is -5.21. The van der Waals surface area contributed by atoms with Crippen LogP contribution in [0.15, 0.2) is 42.5 Å². The number of fused-ring (bicyclic) bond motifs is 2. The number of anilines is 4. The SMILES string of the molecule is C1CC(N2CCOCC2)CCN1.COC(=O)c1cc(N2CCC(N3CCOCC3)CC2)c2c(C3CCC3)[nH]nc2n1.Clc1cc(Cl)nc(Cl)c1.Clc1cc(N2CCC(N3CCOCC3)CC2)c2c(C3CCC3)[nH]nc2n1.Clc1cc(N2CCC(N3CCOCC3)CC2)cc(Cl)n1.NN.O=C(Cl)C1CCC1.O=C(c1c(N2CCC(N3CCOCC3)CC2)cc(Cl)nc1Cl)C1CCC1. The molecular weight excluding hydrogens is 1860 g/mol. The van der Waals surface area contributed by atoms with Crippen LogP contribution in [0.5, 0.6) is 0 Å². The Kier molecular flexibility index (Phi) is 39.9. The van der Waals surface area contributed by atoms with E-state index in [-0.39, 0.29) is 28.0 Å². The number of hydrazine groups is 1. The number of hydrogen-bond donors (Lipinski definition) is 5. The Balaban J connectivity index is 0.000000128. The van der Waals surface area contributed by atoms with Gasteiger partial charge in [-0.2, -0.15) is 10.2 Å². The second-order valence-electron chi connectivity index (χ2n) is 36.0. The van der Waals surface area contributed by atoms with E-state index in [0.717, 1.165) is 276 Å². The fourth-order valence-corrected chi connectivity index (χ4v) is 22.2. The lowest BCUT2D eigenvalue weighted by molar-refractivity contribution is -0.117. The number of hydrogen-bond acceptors (Lipinski definition) is 28. The summed E-state index contributed by atoms with van der Waals surface area (Å²) in [6.45, 7) is 29.7. The Morgan fingerprint density at radius 1 is 0.374 bits per heavy atom. The Labute approximate surface area is 815 Å². The van der Waals surface area contributed by atoms with Gasteiger partial charge in [0.05, 0.1) is 107 Å². The summed E-state index contributed by atoms with van der Waals surface area (Å²) in [6.07, 6.45) is 25.5. The number of nitrogens with zero attached hydrogens (tertiary/aromatic N) is 16. The molecule has 17 heterocycles. The Morgan fingerprint density at radius 3 is 1.05 bits per heavy atom. The van der Waals surface area contributed by atoms with E-state index < -0.39 is 5.97 Å². The molecule has 10 aliphatic heterocycles. The summed E-state index contributed by atoms with van der Waals surface area (Å²) in [4.78, 5) is 78.4. The highest BCUT2D eigenvalue weighted by molar-refractivity contribution is 6.64. The smallest absolute Gasteiger partial charge is 0.356 e. The number of aromatic amines is 2. The van der Waals surface area contributed by atoms with Crippen LogP contribution in [0.2, 0.25) is 41.1 Å². The van der Waals surface area contributed by atoms with Crippen LogP contribution in [0.4, 0.5) is 22.7 Å². The molecule has 0 radical (unpaired) electrons. The van der Waals surface area contributed by atoms with Crippen LogP contribution >= 0.6 is 104 Å². The number of Topliss-reactive ketones (excluding diaryl/α,β-unsaturated/α-hetero) is 1. The molecule has 10 saturated heterocycles. The number of esters is 1. The van der Waals surface area contributed by atoms with Crippen LogP contribution in [0.25, 0.3) is 22.1 Å². The van der Waals surface area contributed by atoms with E-state index in [1.807, 2.05) is 30.3 Å². The summed E-state index contributed by atoms with van der Waals surface area (Å²) >= 11 is 52.4. The van der Waals surface area contributed by atoms with E-state index >= 15 is 0 Å². The van der Waals surface area contributed by atoms with Crippen LogP contribution in [0.3, 0.4) is 0 Å². The van der Waals surface area contributed by atoms with Crippen LogP contribution in [-0.4, -0.2) is 321 Å². The van der Waals surface area contributed by atoms with Crippen molar-refractivity contribution in [2.75, 3.05) is 224 Å². The molecule has 131 heavy (non-hydrogen) atoms. The molecule has 7 N–H and O–H groups in total. The molecule has 30 nitrogen and oxygen atoms in total. The quantitative estimate of drug-likeness (QED) is 0.0159. The van der Waals surface area contributed by atoms with Gasteiger partial charge in [-0.05, 0) is 183 Å². The van der Waals surface area contributed by atoms with Crippen LogP contribution < -0.4 is 36.6 Å². The van der Waals surface area contributed by atoms with Crippen molar-refractivity contribution in [1.82, 2.24) is 75.1 Å². The van der Waals surface area contributed by atoms with Gasteiger partial charge < -0.3 is 53.3 Å². The Morgan fingerprint density at radius 2 is 0.702 bits per heavy atom. The van der Waals surface area contributed by atoms with Gasteiger partial charge in [-0.15, -0.1) is 0 Å². The number of rotatable bonds is 15. The summed E-state index contributed by atoms with van der Waals surface area (Å²) < 4.78 is 32.2. The number of aromatic nitrogens is 9. The predicted molar refractivity (Wildman–Crippen MR) is 522 cm³/mol. The maximum absolute atomic E-state index is 12.9. The summed E-state index contributed by atoms with van der Waals surface area (Å²) in [5.74, 6) is 9.16. The lowest BCUT2D eigenvalue weighted by Crippen LogP contribution is -2.49. The van der Waals surface area contributed by atoms with Crippen LogP contribution in [0.1, 0.15) is 185 Å². The minimum Gasteiger partial charge on any atom is -0.464 e. The van der Waals surface area contributed by atoms with Crippen molar-refractivity contribution in [2.24, 2.45) is 23.5 Å². The van der Waals surface area contributed by atoms with Gasteiger partial charge in [0.25, 0.3) is 0 Å². The minimum atomic E-state index is -0.412. The van der Waals surface area contributed by atoms with Gasteiger partial charge >= 0.3 is 5.97 Å². The molecule has 0 atom stereocenters. The normalized spacial score (nSPS) is 22.0. The van der Waals surface area contributed by atoms with Crippen molar-refractivity contribution in [3.8, 4) is 0 Å². The maximum atomic E-state index is 12.9. The van der Waals surface area contributed by atoms with E-state index in [2.05, 4.69) is 106 Å². The van der Waals surface area contributed by atoms with Crippen molar-refractivity contribution >= 4 is 166 Å². The number of H-pyrrole nitrogens is 2. The van der Waals surface area contributed by atoms with Gasteiger partial charge in [-0.25, -0.2) is 29.7 Å². The van der Waals surface area contributed by atoms with Crippen molar-refractivity contribution in [2.45, 2.75) is 183 Å². The van der Waals surface area contributed by atoms with E-state index in [0.29, 0.717) is 88.8 Å². The fourth-order valence-electron chi connectivity index (χ4n) is 20.0. The molecule has 7 aromatic heterocycles. The highest BCUT2D eigenvalue weighted by atomic mass is 35.5. The number of carbonyl (C=O) groups excluding carboxylic acids is 3. The lowest BCUT2D eigenvalue weighted by Gasteiger charge is -2.41. The molecular formula is C92H130Cl9N21O9. The molecule has 21 rings (SSSR count). The van der Waals surface area contributed by atoms with E-state index in [1.54, 1.807) is 0 Å². The number of pyridine rings is 5. The van der Waals surface area contributed by atoms with Crippen molar-refractivity contribution in [3.63, 3.8) is 0 Å². The molecule has 14 fully saturated rings. The first-order valence-corrected chi connectivity index (χ1v) is 50.8. The van der Waals surface area contributed by atoms with E-state index in [4.69, 9.17) is 133 Å². The van der Waals surface area contributed by atoms with E-state index in [9.17, 15) is 14.4 Å². The molecule has 0 amide bonds. The lowest BCUT2D eigenvalue weighted by atomic mass is 9.80. The average Bonchev–Trinajstić information content (AvgIpc) is 1.77. The molecule has 14 aliphatic rings. The second-order valence-corrected chi connectivity index (χ2v) is 39.5. The number of carbonyl (C=O) groups is 3. The first-order chi connectivity index (χ1) is 63.8. The summed E-state index contributed by atoms with van der Waals surface area (Å²) in [5.41, 5.74) is 8.99. The van der Waals surface area contributed by atoms with Crippen LogP contribution in [0, 0.1) is 11.8 Å². The molecule has 7 aromatic rings. The number of methoxy groups -OCH3 is 1. The van der Waals surface area contributed by atoms with Crippen molar-refractivity contribution in [3.05, 3.63) is 106 Å². The molecule has 39 heteroatoms. The molecule has 720 valence electrons. The largest absolute Gasteiger partial charge is 0.464 e. The maximum Gasteiger partial charge on any atom is 0.356 e. The molecule has 4 saturated carbocycles. The number of morpholine rings is 5. The third kappa shape index (κ3) is 28.1. The zero-order valence-electron chi connectivity index (χ0n) is 75.4. The monoisotopic (exact) mass is 1990 g/mol. The zero-order valence-corrected chi connectivity index (χ0v) is 82.2. The standard InChI is InChI=1S/C21H29N5O3.C19H25Cl2N3O2.C19H26ClN5O.C14H19Cl2N3O.C9H18N2O.C5H2Cl3N.C5H7ClO.H4N2/c1-28-21(27)16-13-17(18-19(14-3-2-4-14)23-24-20(18)22-16)26-7-5-15(6-8-26)25-9-11-29-12-10-25;20-16-12-15(17(19(21)22-16)18(25)13-2-1-3-13)24-6-4-14(5-7-24)23-8-10-26-11-9-23;20-16-12-15(17-18(13-2-1-3-13)22-23-19(17)21-16)25-6-4-14(5-7-25)24-8-10-26-11-9-24;15-13-9-12(10-14(16)17-13)18-3-1-11(2-4-18)19-5-7-20-8-6-19;1-3-10-4-2-9(1)11-5-7-12-8-6-11;6-3-1-4(7)9-5(8)2-3;6-5(7)4-2-1-3-4;1-2/h13-15H,2-12H2,1H3,(H,22,23,24);12-14H,1-11H2;12-14H,1-11H2,(H,21,22,23);9-11H,1-8H2;9-10H,1-8H2;1-2H;4H,1-3H2;1-2H2. The number of ether oxygens (including phenoxy) is 6. The third-order valence-electron chi connectivity index (χ3n) is 28.4. The second kappa shape index (κ2) is 51.4. The minimum absolute atomic E-state index is 0.0973. The number of piperidine rings is 5. The van der Waals surface area contributed by atoms with Gasteiger partial charge in [0.15, 0.2) is 22.8 Å². The summed E-state index contributed by atoms with van der Waals surface area (Å²) in [6, 6.07) is 16.0. The van der Waals surface area contributed by atoms with Crippen molar-refractivity contribution < 1.29 is 42.8 Å². The van der Waals surface area contributed by atoms with Crippen LogP contribution in [-0.2, 0) is 33.2 Å².